The molecule has 0 aromatic carbocycles. The Morgan fingerprint density at radius 1 is 1.50 bits per heavy atom. The summed E-state index contributed by atoms with van der Waals surface area (Å²) in [6.45, 7) is 0. The van der Waals surface area contributed by atoms with Gasteiger partial charge in [-0.3, -0.25) is 0 Å². The minimum Gasteiger partial charge on any atom is -0.477 e. The summed E-state index contributed by atoms with van der Waals surface area (Å²) in [5, 5.41) is 17.0. The van der Waals surface area contributed by atoms with Gasteiger partial charge >= 0.3 is 5.97 Å². The molecule has 0 aromatic rings. The Labute approximate surface area is 68.7 Å². The quantitative estimate of drug-likeness (QED) is 0.461. The predicted molar refractivity (Wildman–Crippen MR) is 39.6 cm³/mol. The van der Waals surface area contributed by atoms with Crippen LogP contribution in [-0.4, -0.2) is 11.1 Å². The van der Waals surface area contributed by atoms with E-state index in [9.17, 15) is 4.79 Å². The molecule has 0 radical (unpaired) electrons. The minimum atomic E-state index is -1.23. The summed E-state index contributed by atoms with van der Waals surface area (Å²) >= 11 is 0. The van der Waals surface area contributed by atoms with Crippen LogP contribution in [0, 0.1) is 11.3 Å². The number of carbonyl (C=O) groups is 1. The van der Waals surface area contributed by atoms with E-state index < -0.39 is 5.97 Å². The highest BCUT2D eigenvalue weighted by Crippen LogP contribution is 2.11. The van der Waals surface area contributed by atoms with Crippen molar-refractivity contribution in [3.8, 4) is 6.07 Å². The van der Waals surface area contributed by atoms with Crippen LogP contribution in [0.5, 0.6) is 0 Å². The molecule has 0 atom stereocenters. The molecule has 1 aliphatic rings. The number of allylic oxidation sites excluding steroid dienone is 3. The van der Waals surface area contributed by atoms with Crippen LogP contribution in [-0.2, 0) is 9.53 Å². The van der Waals surface area contributed by atoms with E-state index in [4.69, 9.17) is 10.4 Å². The largest absolute Gasteiger partial charge is 0.477 e. The maximum absolute atomic E-state index is 10.4. The number of rotatable bonds is 1. The maximum atomic E-state index is 10.4. The van der Waals surface area contributed by atoms with Gasteiger partial charge in [0.1, 0.15) is 11.6 Å². The second kappa shape index (κ2) is 3.39. The number of nitrogens with zero attached hydrogens (tertiary/aromatic N) is 1. The van der Waals surface area contributed by atoms with Gasteiger partial charge in [0.25, 0.3) is 0 Å². The van der Waals surface area contributed by atoms with Crippen LogP contribution < -0.4 is 0 Å². The summed E-state index contributed by atoms with van der Waals surface area (Å²) in [6.07, 6.45) is 5.48. The van der Waals surface area contributed by atoms with E-state index in [-0.39, 0.29) is 5.57 Å². The summed E-state index contributed by atoms with van der Waals surface area (Å²) in [6, 6.07) is 1.59. The van der Waals surface area contributed by atoms with Crippen LogP contribution in [0.3, 0.4) is 0 Å². The van der Waals surface area contributed by atoms with Gasteiger partial charge in [-0.05, 0) is 12.2 Å². The third kappa shape index (κ3) is 1.52. The Hall–Kier alpha value is -2.02. The van der Waals surface area contributed by atoms with Crippen molar-refractivity contribution in [1.29, 1.82) is 5.26 Å². The van der Waals surface area contributed by atoms with Crippen molar-refractivity contribution >= 4 is 5.97 Å². The Morgan fingerprint density at radius 3 is 2.50 bits per heavy atom. The van der Waals surface area contributed by atoms with Crippen LogP contribution in [0.1, 0.15) is 0 Å². The normalized spacial score (nSPS) is 13.4. The number of carboxylic acids is 1. The van der Waals surface area contributed by atoms with Crippen LogP contribution in [0.4, 0.5) is 0 Å². The molecule has 0 bridgehead atoms. The zero-order valence-corrected chi connectivity index (χ0v) is 6.02. The van der Waals surface area contributed by atoms with Crippen LogP contribution in [0.2, 0.25) is 0 Å². The Kier molecular flexibility index (Phi) is 2.29. The summed E-state index contributed by atoms with van der Waals surface area (Å²) in [5.41, 5.74) is 0.0575. The van der Waals surface area contributed by atoms with E-state index in [1.54, 1.807) is 6.07 Å². The SMILES string of the molecule is N#CC(C(=O)O)=C1C=COC=C1. The average molecular weight is 163 g/mol. The molecule has 0 spiro atoms. The van der Waals surface area contributed by atoms with E-state index in [0.29, 0.717) is 5.57 Å². The molecule has 0 fully saturated rings. The Balaban J connectivity index is 3.09. The van der Waals surface area contributed by atoms with Crippen LogP contribution in [0.15, 0.2) is 35.8 Å². The van der Waals surface area contributed by atoms with E-state index in [0.717, 1.165) is 0 Å². The van der Waals surface area contributed by atoms with Gasteiger partial charge in [-0.25, -0.2) is 4.79 Å². The molecule has 12 heavy (non-hydrogen) atoms. The molecule has 4 nitrogen and oxygen atoms in total. The first kappa shape index (κ1) is 8.08. The third-order valence-electron chi connectivity index (χ3n) is 1.27. The highest BCUT2D eigenvalue weighted by molar-refractivity contribution is 5.93. The molecule has 1 aliphatic heterocycles. The fourth-order valence-electron chi connectivity index (χ4n) is 0.729. The van der Waals surface area contributed by atoms with Gasteiger partial charge in [0.15, 0.2) is 0 Å². The molecule has 1 rings (SSSR count). The standard InChI is InChI=1S/C8H5NO3/c9-5-7(8(10)11)6-1-3-12-4-2-6/h1-4H,(H,10,11). The van der Waals surface area contributed by atoms with Crippen molar-refractivity contribution in [3.63, 3.8) is 0 Å². The van der Waals surface area contributed by atoms with Gasteiger partial charge in [0, 0.05) is 5.57 Å². The number of nitriles is 1. The molecule has 0 saturated heterocycles. The molecule has 0 saturated carbocycles. The summed E-state index contributed by atoms with van der Waals surface area (Å²) in [4.78, 5) is 10.4. The summed E-state index contributed by atoms with van der Waals surface area (Å²) in [5.74, 6) is -1.23. The Morgan fingerprint density at radius 2 is 2.08 bits per heavy atom. The van der Waals surface area contributed by atoms with Gasteiger partial charge in [-0.2, -0.15) is 5.26 Å². The lowest BCUT2D eigenvalue weighted by Crippen LogP contribution is -2.01. The van der Waals surface area contributed by atoms with Crippen molar-refractivity contribution in [2.45, 2.75) is 0 Å². The fraction of sp³-hybridized carbons (Fsp3) is 0. The summed E-state index contributed by atoms with van der Waals surface area (Å²) < 4.78 is 4.68. The molecule has 1 heterocycles. The van der Waals surface area contributed by atoms with E-state index in [1.807, 2.05) is 0 Å². The monoisotopic (exact) mass is 163 g/mol. The molecule has 0 unspecified atom stereocenters. The molecule has 0 amide bonds. The van der Waals surface area contributed by atoms with E-state index in [1.165, 1.54) is 24.7 Å². The van der Waals surface area contributed by atoms with E-state index >= 15 is 0 Å². The molecule has 1 N–H and O–H groups in total. The highest BCUT2D eigenvalue weighted by Gasteiger charge is 2.10. The lowest BCUT2D eigenvalue weighted by molar-refractivity contribution is -0.132. The van der Waals surface area contributed by atoms with Gasteiger partial charge in [0.05, 0.1) is 12.5 Å². The summed E-state index contributed by atoms with van der Waals surface area (Å²) in [7, 11) is 0. The fourth-order valence-corrected chi connectivity index (χ4v) is 0.729. The number of hydrogen-bond donors (Lipinski definition) is 1. The van der Waals surface area contributed by atoms with Gasteiger partial charge in [0.2, 0.25) is 0 Å². The third-order valence-corrected chi connectivity index (χ3v) is 1.27. The topological polar surface area (TPSA) is 70.3 Å². The predicted octanol–water partition coefficient (Wildman–Crippen LogP) is 0.949. The molecular weight excluding hydrogens is 158 g/mol. The number of aliphatic carboxylic acids is 1. The second-order valence-corrected chi connectivity index (χ2v) is 1.99. The van der Waals surface area contributed by atoms with Crippen molar-refractivity contribution in [1.82, 2.24) is 0 Å². The Bertz CT molecular complexity index is 317. The van der Waals surface area contributed by atoms with Crippen LogP contribution in [0.25, 0.3) is 0 Å². The first-order valence-electron chi connectivity index (χ1n) is 3.12. The molecule has 0 aliphatic carbocycles. The zero-order chi connectivity index (χ0) is 8.97. The minimum absolute atomic E-state index is 0.286. The van der Waals surface area contributed by atoms with Crippen LogP contribution >= 0.6 is 0 Å². The lowest BCUT2D eigenvalue weighted by Gasteiger charge is -2.01. The number of hydrogen-bond acceptors (Lipinski definition) is 3. The van der Waals surface area contributed by atoms with Crippen molar-refractivity contribution < 1.29 is 14.6 Å². The first-order chi connectivity index (χ1) is 5.75. The molecular formula is C8H5NO3. The highest BCUT2D eigenvalue weighted by atomic mass is 16.5. The lowest BCUT2D eigenvalue weighted by atomic mass is 10.1. The van der Waals surface area contributed by atoms with Gasteiger partial charge in [-0.1, -0.05) is 0 Å². The van der Waals surface area contributed by atoms with Gasteiger partial charge in [-0.15, -0.1) is 0 Å². The number of ether oxygens (including phenoxy) is 1. The molecule has 4 heteroatoms. The van der Waals surface area contributed by atoms with Crippen molar-refractivity contribution in [2.75, 3.05) is 0 Å². The second-order valence-electron chi connectivity index (χ2n) is 1.99. The van der Waals surface area contributed by atoms with Crippen molar-refractivity contribution in [3.05, 3.63) is 35.8 Å². The average Bonchev–Trinajstić information content (AvgIpc) is 2.07. The first-order valence-corrected chi connectivity index (χ1v) is 3.12. The smallest absolute Gasteiger partial charge is 0.347 e. The van der Waals surface area contributed by atoms with Crippen molar-refractivity contribution in [2.24, 2.45) is 0 Å². The number of carboxylic acid groups (broad SMARTS) is 1. The maximum Gasteiger partial charge on any atom is 0.347 e. The molecule has 0 aromatic heterocycles. The molecule has 60 valence electrons. The van der Waals surface area contributed by atoms with Gasteiger partial charge < -0.3 is 9.84 Å². The zero-order valence-electron chi connectivity index (χ0n) is 6.02. The van der Waals surface area contributed by atoms with E-state index in [2.05, 4.69) is 4.74 Å².